The number of hydrogen-bond donors (Lipinski definition) is 0. The second-order valence-corrected chi connectivity index (χ2v) is 7.39. The minimum absolute atomic E-state index is 0.0607. The van der Waals surface area contributed by atoms with E-state index in [1.54, 1.807) is 0 Å². The van der Waals surface area contributed by atoms with Crippen molar-refractivity contribution in [2.75, 3.05) is 20.1 Å². The normalized spacial score (nSPS) is 23.5. The van der Waals surface area contributed by atoms with Crippen LogP contribution in [0.15, 0.2) is 36.9 Å². The summed E-state index contributed by atoms with van der Waals surface area (Å²) in [5.74, 6) is 0.512. The fraction of sp³-hybridized carbons (Fsp3) is 0.526. The number of pyridine rings is 1. The van der Waals surface area contributed by atoms with Gasteiger partial charge in [0.25, 0.3) is 0 Å². The first-order valence-electron chi connectivity index (χ1n) is 8.95. The Balaban J connectivity index is 1.51. The molecule has 1 unspecified atom stereocenters. The minimum atomic E-state index is -0.0607. The van der Waals surface area contributed by atoms with E-state index in [2.05, 4.69) is 33.3 Å². The zero-order valence-electron chi connectivity index (χ0n) is 14.9. The Morgan fingerprint density at radius 1 is 1.20 bits per heavy atom. The first-order chi connectivity index (χ1) is 12.1. The van der Waals surface area contributed by atoms with Gasteiger partial charge in [0.2, 0.25) is 5.91 Å². The van der Waals surface area contributed by atoms with Gasteiger partial charge in [-0.15, -0.1) is 0 Å². The molecule has 0 bridgehead atoms. The molecular formula is C19H25N5O. The summed E-state index contributed by atoms with van der Waals surface area (Å²) in [7, 11) is 3.92. The summed E-state index contributed by atoms with van der Waals surface area (Å²) < 4.78 is 1.84. The van der Waals surface area contributed by atoms with Gasteiger partial charge in [-0.25, -0.2) is 0 Å². The summed E-state index contributed by atoms with van der Waals surface area (Å²) in [5, 5.41) is 4.33. The van der Waals surface area contributed by atoms with Crippen LogP contribution in [0.1, 0.15) is 36.3 Å². The maximum Gasteiger partial charge on any atom is 0.223 e. The number of rotatable bonds is 3. The molecule has 0 aromatic carbocycles. The van der Waals surface area contributed by atoms with E-state index < -0.39 is 0 Å². The number of piperidine rings is 1. The van der Waals surface area contributed by atoms with E-state index in [4.69, 9.17) is 0 Å². The molecule has 0 radical (unpaired) electrons. The maximum atomic E-state index is 12.5. The van der Waals surface area contributed by atoms with Gasteiger partial charge in [-0.3, -0.25) is 19.4 Å². The van der Waals surface area contributed by atoms with Gasteiger partial charge in [0.05, 0.1) is 11.7 Å². The molecule has 1 amide bonds. The lowest BCUT2D eigenvalue weighted by Gasteiger charge is -2.46. The summed E-state index contributed by atoms with van der Waals surface area (Å²) in [4.78, 5) is 21.1. The van der Waals surface area contributed by atoms with Crippen molar-refractivity contribution in [3.63, 3.8) is 0 Å². The third-order valence-electron chi connectivity index (χ3n) is 6.07. The molecule has 2 aliphatic rings. The van der Waals surface area contributed by atoms with Crippen LogP contribution in [-0.2, 0) is 18.4 Å². The van der Waals surface area contributed by atoms with Gasteiger partial charge >= 0.3 is 0 Å². The van der Waals surface area contributed by atoms with Gasteiger partial charge in [-0.2, -0.15) is 5.10 Å². The van der Waals surface area contributed by atoms with Crippen LogP contribution in [0, 0.1) is 0 Å². The van der Waals surface area contributed by atoms with E-state index in [9.17, 15) is 4.79 Å². The lowest BCUT2D eigenvalue weighted by molar-refractivity contribution is -0.130. The molecule has 132 valence electrons. The maximum absolute atomic E-state index is 12.5. The summed E-state index contributed by atoms with van der Waals surface area (Å²) in [6, 6.07) is 4.15. The first kappa shape index (κ1) is 16.3. The highest BCUT2D eigenvalue weighted by Crippen LogP contribution is 2.48. The molecular weight excluding hydrogens is 314 g/mol. The van der Waals surface area contributed by atoms with E-state index in [1.807, 2.05) is 42.3 Å². The van der Waals surface area contributed by atoms with Crippen LogP contribution < -0.4 is 0 Å². The number of aryl methyl sites for hydroxylation is 1. The second kappa shape index (κ2) is 6.26. The second-order valence-electron chi connectivity index (χ2n) is 7.39. The number of carbonyl (C=O) groups is 1. The van der Waals surface area contributed by atoms with Gasteiger partial charge in [0.1, 0.15) is 0 Å². The average molecular weight is 339 g/mol. The molecule has 1 spiro atoms. The highest BCUT2D eigenvalue weighted by Gasteiger charge is 2.52. The summed E-state index contributed by atoms with van der Waals surface area (Å²) in [6.45, 7) is 2.97. The molecule has 6 nitrogen and oxygen atoms in total. The lowest BCUT2D eigenvalue weighted by atomic mass is 9.74. The number of aromatic nitrogens is 3. The zero-order valence-corrected chi connectivity index (χ0v) is 14.9. The molecule has 2 aromatic rings. The Morgan fingerprint density at radius 2 is 1.92 bits per heavy atom. The van der Waals surface area contributed by atoms with Crippen molar-refractivity contribution in [2.45, 2.75) is 37.3 Å². The lowest BCUT2D eigenvalue weighted by Crippen LogP contribution is -2.53. The molecule has 2 fully saturated rings. The number of amides is 1. The van der Waals surface area contributed by atoms with Crippen LogP contribution in [-0.4, -0.2) is 56.1 Å². The van der Waals surface area contributed by atoms with E-state index in [0.29, 0.717) is 6.42 Å². The Labute approximate surface area is 148 Å². The molecule has 6 heteroatoms. The van der Waals surface area contributed by atoms with Crippen LogP contribution in [0.3, 0.4) is 0 Å². The van der Waals surface area contributed by atoms with Crippen molar-refractivity contribution in [3.8, 4) is 0 Å². The van der Waals surface area contributed by atoms with Crippen LogP contribution in [0.25, 0.3) is 0 Å². The SMILES string of the molecule is CN1C(=O)CC(c2cnn(C)c2)C12CCN(Cc1ccncc1)CC2. The molecule has 25 heavy (non-hydrogen) atoms. The van der Waals surface area contributed by atoms with Gasteiger partial charge < -0.3 is 4.90 Å². The highest BCUT2D eigenvalue weighted by molar-refractivity contribution is 5.81. The molecule has 2 aromatic heterocycles. The summed E-state index contributed by atoms with van der Waals surface area (Å²) in [5.41, 5.74) is 2.43. The molecule has 2 saturated heterocycles. The predicted octanol–water partition coefficient (Wildman–Crippen LogP) is 1.80. The van der Waals surface area contributed by atoms with Crippen LogP contribution >= 0.6 is 0 Å². The molecule has 4 rings (SSSR count). The van der Waals surface area contributed by atoms with Crippen LogP contribution in [0.2, 0.25) is 0 Å². The van der Waals surface area contributed by atoms with Gasteiger partial charge in [-0.1, -0.05) is 0 Å². The molecule has 1 atom stereocenters. The number of nitrogens with zero attached hydrogens (tertiary/aromatic N) is 5. The average Bonchev–Trinajstić information content (AvgIpc) is 3.15. The molecule has 0 N–H and O–H groups in total. The monoisotopic (exact) mass is 339 g/mol. The van der Waals surface area contributed by atoms with Gasteiger partial charge in [0.15, 0.2) is 0 Å². The Kier molecular flexibility index (Phi) is 4.07. The van der Waals surface area contributed by atoms with Crippen molar-refractivity contribution >= 4 is 5.91 Å². The number of hydrogen-bond acceptors (Lipinski definition) is 4. The number of carbonyl (C=O) groups excluding carboxylic acids is 1. The first-order valence-corrected chi connectivity index (χ1v) is 8.95. The quantitative estimate of drug-likeness (QED) is 0.856. The van der Waals surface area contributed by atoms with Gasteiger partial charge in [-0.05, 0) is 36.1 Å². The van der Waals surface area contributed by atoms with Crippen molar-refractivity contribution in [3.05, 3.63) is 48.0 Å². The highest BCUT2D eigenvalue weighted by atomic mass is 16.2. The summed E-state index contributed by atoms with van der Waals surface area (Å²) in [6.07, 6.45) is 10.3. The summed E-state index contributed by atoms with van der Waals surface area (Å²) >= 11 is 0. The molecule has 2 aliphatic heterocycles. The molecule has 4 heterocycles. The van der Waals surface area contributed by atoms with Crippen molar-refractivity contribution < 1.29 is 4.79 Å². The number of likely N-dealkylation sites (tertiary alicyclic amines) is 2. The van der Waals surface area contributed by atoms with Crippen LogP contribution in [0.5, 0.6) is 0 Å². The van der Waals surface area contributed by atoms with Crippen molar-refractivity contribution in [2.24, 2.45) is 7.05 Å². The molecule has 0 saturated carbocycles. The topological polar surface area (TPSA) is 54.3 Å². The minimum Gasteiger partial charge on any atom is -0.339 e. The van der Waals surface area contributed by atoms with Crippen molar-refractivity contribution in [1.29, 1.82) is 0 Å². The predicted molar refractivity (Wildman–Crippen MR) is 94.8 cm³/mol. The van der Waals surface area contributed by atoms with Crippen molar-refractivity contribution in [1.82, 2.24) is 24.6 Å². The molecule has 0 aliphatic carbocycles. The largest absolute Gasteiger partial charge is 0.339 e. The standard InChI is InChI=1S/C19H25N5O/c1-22-14-16(12-21-22)17-11-18(25)23(2)19(17)5-9-24(10-6-19)13-15-3-7-20-8-4-15/h3-4,7-8,12,14,17H,5-6,9-11,13H2,1-2H3. The Hall–Kier alpha value is -2.21. The van der Waals surface area contributed by atoms with Gasteiger partial charge in [0, 0.05) is 64.7 Å². The van der Waals surface area contributed by atoms with E-state index in [0.717, 1.165) is 32.5 Å². The third-order valence-corrected chi connectivity index (χ3v) is 6.07. The number of likely N-dealkylation sites (N-methyl/N-ethyl adjacent to an activating group) is 1. The fourth-order valence-electron chi connectivity index (χ4n) is 4.56. The van der Waals surface area contributed by atoms with Crippen LogP contribution in [0.4, 0.5) is 0 Å². The zero-order chi connectivity index (χ0) is 17.4. The van der Waals surface area contributed by atoms with E-state index in [1.165, 1.54) is 11.1 Å². The van der Waals surface area contributed by atoms with E-state index in [-0.39, 0.29) is 17.4 Å². The Bertz CT molecular complexity index is 748. The Morgan fingerprint density at radius 3 is 2.56 bits per heavy atom. The fourth-order valence-corrected chi connectivity index (χ4v) is 4.56. The third kappa shape index (κ3) is 2.84. The van der Waals surface area contributed by atoms with E-state index >= 15 is 0 Å². The smallest absolute Gasteiger partial charge is 0.223 e.